The van der Waals surface area contributed by atoms with Gasteiger partial charge in [-0.15, -0.1) is 0 Å². The van der Waals surface area contributed by atoms with Gasteiger partial charge in [-0.2, -0.15) is 13.2 Å². The lowest BCUT2D eigenvalue weighted by Gasteiger charge is -2.15. The maximum absolute atomic E-state index is 11.8. The standard InChI is InChI=1S/C10H14F3N3O2/c1-16(6-8-14-3-4-15-8)9(17)2-5-18-7-10(11,12)13/h3-4H,2,5-7H2,1H3,(H,14,15). The highest BCUT2D eigenvalue weighted by atomic mass is 19.4. The van der Waals surface area contributed by atoms with E-state index in [1.165, 1.54) is 4.90 Å². The highest BCUT2D eigenvalue weighted by molar-refractivity contribution is 5.75. The van der Waals surface area contributed by atoms with Gasteiger partial charge in [-0.05, 0) is 0 Å². The summed E-state index contributed by atoms with van der Waals surface area (Å²) in [5, 5.41) is 0. The Labute approximate surface area is 102 Å². The van der Waals surface area contributed by atoms with Gasteiger partial charge in [0.15, 0.2) is 0 Å². The lowest BCUT2D eigenvalue weighted by Crippen LogP contribution is -2.28. The summed E-state index contributed by atoms with van der Waals surface area (Å²) in [6, 6.07) is 0. The van der Waals surface area contributed by atoms with E-state index in [9.17, 15) is 18.0 Å². The number of amides is 1. The molecule has 0 spiro atoms. The minimum Gasteiger partial charge on any atom is -0.372 e. The largest absolute Gasteiger partial charge is 0.411 e. The molecule has 0 fully saturated rings. The fourth-order valence-electron chi connectivity index (χ4n) is 1.24. The molecule has 0 aromatic carbocycles. The summed E-state index contributed by atoms with van der Waals surface area (Å²) >= 11 is 0. The first-order valence-corrected chi connectivity index (χ1v) is 5.25. The molecular weight excluding hydrogens is 251 g/mol. The summed E-state index contributed by atoms with van der Waals surface area (Å²) in [4.78, 5) is 19.7. The molecule has 1 N–H and O–H groups in total. The average Bonchev–Trinajstić information content (AvgIpc) is 2.75. The number of H-pyrrole nitrogens is 1. The number of hydrogen-bond donors (Lipinski definition) is 1. The van der Waals surface area contributed by atoms with Gasteiger partial charge in [0.2, 0.25) is 5.91 Å². The van der Waals surface area contributed by atoms with Gasteiger partial charge in [0.05, 0.1) is 19.6 Å². The number of imidazole rings is 1. The molecule has 1 rings (SSSR count). The summed E-state index contributed by atoms with van der Waals surface area (Å²) in [6.07, 6.45) is -1.27. The Morgan fingerprint density at radius 2 is 2.28 bits per heavy atom. The van der Waals surface area contributed by atoms with Crippen LogP contribution in [0.15, 0.2) is 12.4 Å². The molecule has 18 heavy (non-hydrogen) atoms. The Hall–Kier alpha value is -1.57. The molecular formula is C10H14F3N3O2. The normalized spacial score (nSPS) is 11.6. The number of hydrogen-bond acceptors (Lipinski definition) is 3. The van der Waals surface area contributed by atoms with Crippen LogP contribution < -0.4 is 0 Å². The zero-order valence-electron chi connectivity index (χ0n) is 9.83. The second-order valence-corrected chi connectivity index (χ2v) is 3.70. The van der Waals surface area contributed by atoms with Gasteiger partial charge in [-0.1, -0.05) is 0 Å². The summed E-state index contributed by atoms with van der Waals surface area (Å²) in [5.41, 5.74) is 0. The van der Waals surface area contributed by atoms with Crippen LogP contribution in [-0.2, 0) is 16.1 Å². The summed E-state index contributed by atoms with van der Waals surface area (Å²) in [5.74, 6) is 0.315. The zero-order chi connectivity index (χ0) is 13.6. The molecule has 102 valence electrons. The number of nitrogens with zero attached hydrogens (tertiary/aromatic N) is 2. The summed E-state index contributed by atoms with van der Waals surface area (Å²) < 4.78 is 39.6. The van der Waals surface area contributed by atoms with Crippen LogP contribution in [0.1, 0.15) is 12.2 Å². The fourth-order valence-corrected chi connectivity index (χ4v) is 1.24. The molecule has 1 aromatic heterocycles. The van der Waals surface area contributed by atoms with E-state index in [-0.39, 0.29) is 25.5 Å². The maximum Gasteiger partial charge on any atom is 0.411 e. The van der Waals surface area contributed by atoms with Crippen LogP contribution in [0.5, 0.6) is 0 Å². The number of carbonyl (C=O) groups is 1. The Bertz CT molecular complexity index is 365. The van der Waals surface area contributed by atoms with Crippen molar-refractivity contribution in [1.82, 2.24) is 14.9 Å². The van der Waals surface area contributed by atoms with Crippen LogP contribution >= 0.6 is 0 Å². The molecule has 5 nitrogen and oxygen atoms in total. The number of aromatic nitrogens is 2. The van der Waals surface area contributed by atoms with Gasteiger partial charge in [-0.25, -0.2) is 4.98 Å². The van der Waals surface area contributed by atoms with Crippen LogP contribution in [0.3, 0.4) is 0 Å². The topological polar surface area (TPSA) is 58.2 Å². The van der Waals surface area contributed by atoms with E-state index in [1.54, 1.807) is 19.4 Å². The Morgan fingerprint density at radius 1 is 1.56 bits per heavy atom. The summed E-state index contributed by atoms with van der Waals surface area (Å²) in [6.45, 7) is -1.30. The molecule has 0 atom stereocenters. The smallest absolute Gasteiger partial charge is 0.372 e. The third kappa shape index (κ3) is 5.67. The fraction of sp³-hybridized carbons (Fsp3) is 0.600. The number of ether oxygens (including phenoxy) is 1. The van der Waals surface area contributed by atoms with Crippen molar-refractivity contribution in [3.05, 3.63) is 18.2 Å². The molecule has 0 aliphatic rings. The van der Waals surface area contributed by atoms with Crippen molar-refractivity contribution in [2.75, 3.05) is 20.3 Å². The first kappa shape index (κ1) is 14.5. The van der Waals surface area contributed by atoms with Crippen LogP contribution in [0, 0.1) is 0 Å². The third-order valence-corrected chi connectivity index (χ3v) is 2.09. The van der Waals surface area contributed by atoms with Crippen molar-refractivity contribution >= 4 is 5.91 Å². The Morgan fingerprint density at radius 3 is 2.83 bits per heavy atom. The number of nitrogens with one attached hydrogen (secondary N) is 1. The average molecular weight is 265 g/mol. The minimum atomic E-state index is -4.36. The predicted molar refractivity (Wildman–Crippen MR) is 56.6 cm³/mol. The van der Waals surface area contributed by atoms with Crippen molar-refractivity contribution in [2.45, 2.75) is 19.1 Å². The van der Waals surface area contributed by atoms with E-state index in [2.05, 4.69) is 14.7 Å². The van der Waals surface area contributed by atoms with E-state index < -0.39 is 12.8 Å². The highest BCUT2D eigenvalue weighted by Gasteiger charge is 2.27. The van der Waals surface area contributed by atoms with Crippen LogP contribution in [-0.4, -0.2) is 47.2 Å². The minimum absolute atomic E-state index is 0.0900. The SMILES string of the molecule is CN(Cc1ncc[nH]1)C(=O)CCOCC(F)(F)F. The van der Waals surface area contributed by atoms with Gasteiger partial charge in [0.25, 0.3) is 0 Å². The second-order valence-electron chi connectivity index (χ2n) is 3.70. The first-order valence-electron chi connectivity index (χ1n) is 5.25. The first-order chi connectivity index (χ1) is 8.38. The third-order valence-electron chi connectivity index (χ3n) is 2.09. The van der Waals surface area contributed by atoms with Crippen LogP contribution in [0.2, 0.25) is 0 Å². The molecule has 0 radical (unpaired) electrons. The van der Waals surface area contributed by atoms with E-state index in [0.29, 0.717) is 5.82 Å². The van der Waals surface area contributed by atoms with Crippen LogP contribution in [0.25, 0.3) is 0 Å². The molecule has 0 saturated heterocycles. The zero-order valence-corrected chi connectivity index (χ0v) is 9.83. The number of aromatic amines is 1. The number of rotatable bonds is 6. The summed E-state index contributed by atoms with van der Waals surface area (Å²) in [7, 11) is 1.55. The monoisotopic (exact) mass is 265 g/mol. The van der Waals surface area contributed by atoms with Gasteiger partial charge >= 0.3 is 6.18 Å². The van der Waals surface area contributed by atoms with Crippen molar-refractivity contribution in [3.63, 3.8) is 0 Å². The van der Waals surface area contributed by atoms with E-state index in [4.69, 9.17) is 0 Å². The van der Waals surface area contributed by atoms with Gasteiger partial charge < -0.3 is 14.6 Å². The molecule has 8 heteroatoms. The molecule has 0 saturated carbocycles. The van der Waals surface area contributed by atoms with Crippen molar-refractivity contribution in [2.24, 2.45) is 0 Å². The van der Waals surface area contributed by atoms with Crippen molar-refractivity contribution in [1.29, 1.82) is 0 Å². The van der Waals surface area contributed by atoms with E-state index in [0.717, 1.165) is 0 Å². The second kappa shape index (κ2) is 6.39. The van der Waals surface area contributed by atoms with Gasteiger partial charge in [0, 0.05) is 19.4 Å². The number of alkyl halides is 3. The van der Waals surface area contributed by atoms with Crippen LogP contribution in [0.4, 0.5) is 13.2 Å². The molecule has 0 aliphatic carbocycles. The van der Waals surface area contributed by atoms with Gasteiger partial charge in [-0.3, -0.25) is 4.79 Å². The molecule has 1 aromatic rings. The molecule has 1 amide bonds. The van der Waals surface area contributed by atoms with E-state index in [1.807, 2.05) is 0 Å². The predicted octanol–water partition coefficient (Wildman–Crippen LogP) is 1.34. The van der Waals surface area contributed by atoms with Crippen molar-refractivity contribution < 1.29 is 22.7 Å². The lowest BCUT2D eigenvalue weighted by atomic mass is 10.4. The molecule has 0 bridgehead atoms. The quantitative estimate of drug-likeness (QED) is 0.790. The lowest BCUT2D eigenvalue weighted by molar-refractivity contribution is -0.175. The number of halogens is 3. The Kier molecular flexibility index (Phi) is 5.14. The van der Waals surface area contributed by atoms with Gasteiger partial charge in [0.1, 0.15) is 12.4 Å². The maximum atomic E-state index is 11.8. The molecule has 1 heterocycles. The Balaban J connectivity index is 2.20. The number of carbonyl (C=O) groups excluding carboxylic acids is 1. The highest BCUT2D eigenvalue weighted by Crippen LogP contribution is 2.14. The van der Waals surface area contributed by atoms with Crippen molar-refractivity contribution in [3.8, 4) is 0 Å². The molecule has 0 aliphatic heterocycles. The molecule has 0 unspecified atom stereocenters. The van der Waals surface area contributed by atoms with E-state index >= 15 is 0 Å².